The lowest BCUT2D eigenvalue weighted by Gasteiger charge is -2.11. The summed E-state index contributed by atoms with van der Waals surface area (Å²) in [6, 6.07) is 13.4. The van der Waals surface area contributed by atoms with Gasteiger partial charge in [0.25, 0.3) is 0 Å². The number of hydrogen-bond donors (Lipinski definition) is 1. The van der Waals surface area contributed by atoms with Gasteiger partial charge in [-0.25, -0.2) is 0 Å². The van der Waals surface area contributed by atoms with Gasteiger partial charge < -0.3 is 10.1 Å². The monoisotopic (exact) mass is 287 g/mol. The fourth-order valence-electron chi connectivity index (χ4n) is 2.17. The van der Waals surface area contributed by atoms with Crippen molar-refractivity contribution in [2.24, 2.45) is 0 Å². The van der Waals surface area contributed by atoms with E-state index < -0.39 is 0 Å². The number of hydrogen-bond acceptors (Lipinski definition) is 3. The molecule has 1 heterocycles. The van der Waals surface area contributed by atoms with Gasteiger partial charge in [0.15, 0.2) is 0 Å². The van der Waals surface area contributed by atoms with Crippen LogP contribution in [0.15, 0.2) is 36.4 Å². The first-order chi connectivity index (χ1) is 9.85. The molecular formula is C17H21NOS. The average molecular weight is 287 g/mol. The van der Waals surface area contributed by atoms with Crippen LogP contribution in [0.25, 0.3) is 0 Å². The third-order valence-corrected chi connectivity index (χ3v) is 4.77. The van der Waals surface area contributed by atoms with Crippen molar-refractivity contribution in [2.45, 2.75) is 45.4 Å². The second-order valence-corrected chi connectivity index (χ2v) is 6.53. The van der Waals surface area contributed by atoms with E-state index in [-0.39, 0.29) is 0 Å². The molecule has 2 aromatic rings. The van der Waals surface area contributed by atoms with Crippen molar-refractivity contribution in [3.8, 4) is 5.75 Å². The number of rotatable bonds is 7. The molecule has 1 saturated carbocycles. The molecule has 0 bridgehead atoms. The van der Waals surface area contributed by atoms with E-state index in [2.05, 4.69) is 42.6 Å². The lowest BCUT2D eigenvalue weighted by atomic mass is 10.2. The van der Waals surface area contributed by atoms with Crippen LogP contribution < -0.4 is 10.1 Å². The highest BCUT2D eigenvalue weighted by Crippen LogP contribution is 2.24. The predicted octanol–water partition coefficient (Wildman–Crippen LogP) is 4.14. The molecule has 1 aliphatic rings. The summed E-state index contributed by atoms with van der Waals surface area (Å²) in [6.07, 6.45) is 3.74. The Balaban J connectivity index is 1.60. The summed E-state index contributed by atoms with van der Waals surface area (Å²) in [7, 11) is 0. The van der Waals surface area contributed by atoms with Gasteiger partial charge in [0, 0.05) is 27.9 Å². The largest absolute Gasteiger partial charge is 0.488 e. The van der Waals surface area contributed by atoms with E-state index >= 15 is 0 Å². The number of thiophene rings is 1. The maximum absolute atomic E-state index is 6.00. The fourth-order valence-corrected chi connectivity index (χ4v) is 3.04. The number of ether oxygens (including phenoxy) is 1. The molecule has 0 aliphatic heterocycles. The molecule has 0 atom stereocenters. The van der Waals surface area contributed by atoms with Crippen LogP contribution in [0.1, 0.15) is 35.1 Å². The highest BCUT2D eigenvalue weighted by Gasteiger charge is 2.20. The van der Waals surface area contributed by atoms with Gasteiger partial charge in [-0.1, -0.05) is 25.1 Å². The van der Waals surface area contributed by atoms with Crippen molar-refractivity contribution in [2.75, 3.05) is 0 Å². The zero-order valence-corrected chi connectivity index (χ0v) is 12.7. The lowest BCUT2D eigenvalue weighted by Crippen LogP contribution is -2.16. The van der Waals surface area contributed by atoms with Gasteiger partial charge >= 0.3 is 0 Å². The number of para-hydroxylation sites is 1. The van der Waals surface area contributed by atoms with E-state index in [1.54, 1.807) is 0 Å². The van der Waals surface area contributed by atoms with Gasteiger partial charge in [-0.05, 0) is 37.5 Å². The molecule has 106 valence electrons. The fraction of sp³-hybridized carbons (Fsp3) is 0.412. The molecule has 3 rings (SSSR count). The first-order valence-electron chi connectivity index (χ1n) is 7.37. The van der Waals surface area contributed by atoms with Gasteiger partial charge in [-0.15, -0.1) is 11.3 Å². The Kier molecular flexibility index (Phi) is 4.38. The van der Waals surface area contributed by atoms with E-state index in [4.69, 9.17) is 4.74 Å². The molecular weight excluding hydrogens is 266 g/mol. The number of nitrogens with one attached hydrogen (secondary N) is 1. The normalized spacial score (nSPS) is 14.4. The Bertz CT molecular complexity index is 560. The van der Waals surface area contributed by atoms with E-state index in [1.165, 1.54) is 28.2 Å². The average Bonchev–Trinajstić information content (AvgIpc) is 3.20. The Morgan fingerprint density at radius 1 is 1.15 bits per heavy atom. The predicted molar refractivity (Wildman–Crippen MR) is 84.3 cm³/mol. The standard InChI is InChI=1S/C17H21NOS/c1-2-15-9-10-16(20-15)12-19-17-6-4-3-5-13(17)11-18-14-7-8-14/h3-6,9-10,14,18H,2,7-8,11-12H2,1H3. The molecule has 0 unspecified atom stereocenters. The lowest BCUT2D eigenvalue weighted by molar-refractivity contribution is 0.305. The van der Waals surface area contributed by atoms with Crippen LogP contribution in [-0.4, -0.2) is 6.04 Å². The number of aryl methyl sites for hydroxylation is 1. The summed E-state index contributed by atoms with van der Waals surface area (Å²) >= 11 is 1.85. The maximum Gasteiger partial charge on any atom is 0.124 e. The molecule has 0 spiro atoms. The van der Waals surface area contributed by atoms with Gasteiger partial charge in [0.1, 0.15) is 12.4 Å². The van der Waals surface area contributed by atoms with E-state index in [0.29, 0.717) is 6.61 Å². The third-order valence-electron chi connectivity index (χ3n) is 3.57. The van der Waals surface area contributed by atoms with Crippen molar-refractivity contribution >= 4 is 11.3 Å². The number of benzene rings is 1. The molecule has 1 fully saturated rings. The Labute approximate surface area is 124 Å². The minimum atomic E-state index is 0.672. The maximum atomic E-state index is 6.00. The van der Waals surface area contributed by atoms with Crippen LogP contribution in [0, 0.1) is 0 Å². The molecule has 0 radical (unpaired) electrons. The molecule has 2 nitrogen and oxygen atoms in total. The van der Waals surface area contributed by atoms with Crippen LogP contribution in [0.3, 0.4) is 0 Å². The van der Waals surface area contributed by atoms with Crippen LogP contribution in [-0.2, 0) is 19.6 Å². The van der Waals surface area contributed by atoms with Crippen LogP contribution in [0.2, 0.25) is 0 Å². The third kappa shape index (κ3) is 3.62. The highest BCUT2D eigenvalue weighted by atomic mass is 32.1. The van der Waals surface area contributed by atoms with Crippen LogP contribution in [0.5, 0.6) is 5.75 Å². The summed E-state index contributed by atoms with van der Waals surface area (Å²) in [5.74, 6) is 1.01. The zero-order chi connectivity index (χ0) is 13.8. The molecule has 1 N–H and O–H groups in total. The summed E-state index contributed by atoms with van der Waals surface area (Å²) in [5.41, 5.74) is 1.26. The zero-order valence-electron chi connectivity index (χ0n) is 11.9. The van der Waals surface area contributed by atoms with Gasteiger partial charge in [0.05, 0.1) is 0 Å². The van der Waals surface area contributed by atoms with E-state index in [1.807, 2.05) is 17.4 Å². The van der Waals surface area contributed by atoms with Gasteiger partial charge in [-0.3, -0.25) is 0 Å². The minimum Gasteiger partial charge on any atom is -0.488 e. The second kappa shape index (κ2) is 6.42. The first-order valence-corrected chi connectivity index (χ1v) is 8.18. The van der Waals surface area contributed by atoms with Crippen molar-refractivity contribution in [1.29, 1.82) is 0 Å². The molecule has 0 amide bonds. The highest BCUT2D eigenvalue weighted by molar-refractivity contribution is 7.11. The molecule has 3 heteroatoms. The van der Waals surface area contributed by atoms with Gasteiger partial charge in [0.2, 0.25) is 0 Å². The first kappa shape index (κ1) is 13.7. The Hall–Kier alpha value is -1.32. The van der Waals surface area contributed by atoms with Crippen LogP contribution >= 0.6 is 11.3 Å². The topological polar surface area (TPSA) is 21.3 Å². The van der Waals surface area contributed by atoms with Crippen molar-refractivity contribution in [1.82, 2.24) is 5.32 Å². The summed E-state index contributed by atoms with van der Waals surface area (Å²) in [6.45, 7) is 3.77. The van der Waals surface area contributed by atoms with E-state index in [9.17, 15) is 0 Å². The summed E-state index contributed by atoms with van der Waals surface area (Å²) in [4.78, 5) is 2.72. The smallest absolute Gasteiger partial charge is 0.124 e. The Morgan fingerprint density at radius 2 is 1.95 bits per heavy atom. The second-order valence-electron chi connectivity index (χ2n) is 5.27. The molecule has 1 aliphatic carbocycles. The molecule has 20 heavy (non-hydrogen) atoms. The van der Waals surface area contributed by atoms with Crippen molar-refractivity contribution in [3.05, 3.63) is 51.7 Å². The van der Waals surface area contributed by atoms with Crippen LogP contribution in [0.4, 0.5) is 0 Å². The summed E-state index contributed by atoms with van der Waals surface area (Å²) in [5, 5.41) is 3.55. The molecule has 0 saturated heterocycles. The van der Waals surface area contributed by atoms with E-state index in [0.717, 1.165) is 24.8 Å². The van der Waals surface area contributed by atoms with Crippen molar-refractivity contribution < 1.29 is 4.74 Å². The Morgan fingerprint density at radius 3 is 2.70 bits per heavy atom. The molecule has 1 aromatic carbocycles. The van der Waals surface area contributed by atoms with Gasteiger partial charge in [-0.2, -0.15) is 0 Å². The SMILES string of the molecule is CCc1ccc(COc2ccccc2CNC2CC2)s1. The van der Waals surface area contributed by atoms with Crippen molar-refractivity contribution in [3.63, 3.8) is 0 Å². The minimum absolute atomic E-state index is 0.672. The molecule has 1 aromatic heterocycles. The quantitative estimate of drug-likeness (QED) is 0.826. The summed E-state index contributed by atoms with van der Waals surface area (Å²) < 4.78 is 6.00.